The van der Waals surface area contributed by atoms with Crippen molar-refractivity contribution in [2.75, 3.05) is 31.1 Å². The van der Waals surface area contributed by atoms with Gasteiger partial charge in [0.2, 0.25) is 5.91 Å². The van der Waals surface area contributed by atoms with E-state index in [2.05, 4.69) is 10.3 Å². The van der Waals surface area contributed by atoms with Crippen LogP contribution in [-0.2, 0) is 27.6 Å². The number of amides is 1. The van der Waals surface area contributed by atoms with Gasteiger partial charge in [0.05, 0.1) is 18.1 Å². The van der Waals surface area contributed by atoms with Crippen molar-refractivity contribution in [2.24, 2.45) is 5.92 Å². The zero-order valence-corrected chi connectivity index (χ0v) is 17.1. The first-order valence-corrected chi connectivity index (χ1v) is 11.6. The van der Waals surface area contributed by atoms with Crippen LogP contribution < -0.4 is 5.32 Å². The summed E-state index contributed by atoms with van der Waals surface area (Å²) in [6.07, 6.45) is 3.03. The second-order valence-electron chi connectivity index (χ2n) is 7.48. The van der Waals surface area contributed by atoms with E-state index in [9.17, 15) is 17.6 Å². The van der Waals surface area contributed by atoms with Crippen LogP contribution in [0.1, 0.15) is 17.7 Å². The van der Waals surface area contributed by atoms with E-state index in [0.717, 1.165) is 11.3 Å². The van der Waals surface area contributed by atoms with Crippen LogP contribution in [-0.4, -0.2) is 55.3 Å². The maximum atomic E-state index is 13.2. The molecule has 3 rings (SSSR count). The van der Waals surface area contributed by atoms with Gasteiger partial charge in [-0.15, -0.1) is 0 Å². The van der Waals surface area contributed by atoms with Crippen molar-refractivity contribution >= 4 is 15.7 Å². The summed E-state index contributed by atoms with van der Waals surface area (Å²) in [7, 11) is -2.95. The van der Waals surface area contributed by atoms with Gasteiger partial charge in [0.15, 0.2) is 9.84 Å². The van der Waals surface area contributed by atoms with E-state index in [1.165, 1.54) is 12.1 Å². The molecule has 1 fully saturated rings. The van der Waals surface area contributed by atoms with Crippen LogP contribution in [0.4, 0.5) is 4.39 Å². The number of carbonyl (C=O) groups is 1. The minimum Gasteiger partial charge on any atom is -0.355 e. The molecule has 2 heterocycles. The van der Waals surface area contributed by atoms with E-state index >= 15 is 0 Å². The Morgan fingerprint density at radius 3 is 2.66 bits per heavy atom. The molecular formula is C21H26FN3O3S. The Morgan fingerprint density at radius 1 is 1.21 bits per heavy atom. The van der Waals surface area contributed by atoms with Crippen LogP contribution in [0.3, 0.4) is 0 Å². The maximum absolute atomic E-state index is 13.2. The molecule has 1 atom stereocenters. The second kappa shape index (κ2) is 9.93. The van der Waals surface area contributed by atoms with E-state index in [-0.39, 0.29) is 35.7 Å². The van der Waals surface area contributed by atoms with Gasteiger partial charge in [-0.25, -0.2) is 12.8 Å². The fourth-order valence-electron chi connectivity index (χ4n) is 3.43. The largest absolute Gasteiger partial charge is 0.355 e. The van der Waals surface area contributed by atoms with Gasteiger partial charge in [0, 0.05) is 37.9 Å². The maximum Gasteiger partial charge on any atom is 0.234 e. The van der Waals surface area contributed by atoms with Gasteiger partial charge in [-0.3, -0.25) is 14.7 Å². The van der Waals surface area contributed by atoms with E-state index in [1.54, 1.807) is 18.3 Å². The summed E-state index contributed by atoms with van der Waals surface area (Å²) in [6, 6.07) is 12.0. The second-order valence-corrected chi connectivity index (χ2v) is 9.71. The van der Waals surface area contributed by atoms with Crippen molar-refractivity contribution in [2.45, 2.75) is 19.4 Å². The van der Waals surface area contributed by atoms with Crippen molar-refractivity contribution in [3.8, 4) is 0 Å². The lowest BCUT2D eigenvalue weighted by Gasteiger charge is -2.22. The van der Waals surface area contributed by atoms with Gasteiger partial charge in [-0.05, 0) is 42.2 Å². The molecular weight excluding hydrogens is 393 g/mol. The highest BCUT2D eigenvalue weighted by Gasteiger charge is 2.28. The van der Waals surface area contributed by atoms with Crippen LogP contribution in [0.5, 0.6) is 0 Å². The third kappa shape index (κ3) is 7.21. The summed E-state index contributed by atoms with van der Waals surface area (Å²) in [6.45, 7) is 1.70. The molecule has 1 aliphatic heterocycles. The van der Waals surface area contributed by atoms with E-state index in [0.29, 0.717) is 32.5 Å². The molecule has 1 saturated heterocycles. The first-order chi connectivity index (χ1) is 13.9. The first kappa shape index (κ1) is 21.4. The lowest BCUT2D eigenvalue weighted by Crippen LogP contribution is -2.40. The van der Waals surface area contributed by atoms with Crippen molar-refractivity contribution in [1.82, 2.24) is 15.2 Å². The van der Waals surface area contributed by atoms with Crippen LogP contribution in [0.15, 0.2) is 48.7 Å². The normalized spacial score (nSPS) is 18.1. The summed E-state index contributed by atoms with van der Waals surface area (Å²) in [5, 5.41) is 2.87. The average molecular weight is 420 g/mol. The van der Waals surface area contributed by atoms with Gasteiger partial charge >= 0.3 is 0 Å². The highest BCUT2D eigenvalue weighted by molar-refractivity contribution is 7.91. The minimum atomic E-state index is -2.95. The third-order valence-corrected chi connectivity index (χ3v) is 6.85. The van der Waals surface area contributed by atoms with Gasteiger partial charge in [-0.1, -0.05) is 18.2 Å². The fourth-order valence-corrected chi connectivity index (χ4v) is 5.29. The summed E-state index contributed by atoms with van der Waals surface area (Å²) < 4.78 is 36.3. The first-order valence-electron chi connectivity index (χ1n) is 9.73. The van der Waals surface area contributed by atoms with Crippen molar-refractivity contribution in [3.05, 3.63) is 65.7 Å². The Labute approximate surface area is 171 Å². The Kier molecular flexibility index (Phi) is 7.33. The van der Waals surface area contributed by atoms with E-state index < -0.39 is 9.84 Å². The molecule has 156 valence electrons. The van der Waals surface area contributed by atoms with Crippen LogP contribution in [0.2, 0.25) is 0 Å². The molecule has 1 N–H and O–H groups in total. The number of halogens is 1. The number of hydrogen-bond acceptors (Lipinski definition) is 5. The number of carbonyl (C=O) groups excluding carboxylic acids is 1. The molecule has 1 amide bonds. The number of sulfone groups is 1. The number of nitrogens with zero attached hydrogens (tertiary/aromatic N) is 2. The van der Waals surface area contributed by atoms with Crippen molar-refractivity contribution in [1.29, 1.82) is 0 Å². The predicted molar refractivity (Wildman–Crippen MR) is 109 cm³/mol. The molecule has 1 unspecified atom stereocenters. The number of rotatable bonds is 9. The van der Waals surface area contributed by atoms with Crippen LogP contribution in [0, 0.1) is 11.7 Å². The van der Waals surface area contributed by atoms with Crippen molar-refractivity contribution in [3.63, 3.8) is 0 Å². The number of nitrogens with one attached hydrogen (secondary N) is 1. The quantitative estimate of drug-likeness (QED) is 0.671. The topological polar surface area (TPSA) is 79.4 Å². The SMILES string of the molecule is O=C(CN(CCc1ccccn1)Cc1ccc(F)cc1)NCC1CCS(=O)(=O)C1. The van der Waals surface area contributed by atoms with Crippen LogP contribution in [0.25, 0.3) is 0 Å². The molecule has 29 heavy (non-hydrogen) atoms. The Balaban J connectivity index is 1.55. The smallest absolute Gasteiger partial charge is 0.234 e. The zero-order valence-electron chi connectivity index (χ0n) is 16.3. The standard InChI is InChI=1S/C21H26FN3O3S/c22-19-6-4-17(5-7-19)14-25(11-8-20-3-1-2-10-23-20)15-21(26)24-13-18-9-12-29(27,28)16-18/h1-7,10,18H,8-9,11-16H2,(H,24,26). The van der Waals surface area contributed by atoms with Gasteiger partial charge in [0.25, 0.3) is 0 Å². The summed E-state index contributed by atoms with van der Waals surface area (Å²) in [5.74, 6) is -0.0981. The fraction of sp³-hybridized carbons (Fsp3) is 0.429. The lowest BCUT2D eigenvalue weighted by atomic mass is 10.1. The number of aromatic nitrogens is 1. The van der Waals surface area contributed by atoms with Gasteiger partial charge < -0.3 is 5.32 Å². The van der Waals surface area contributed by atoms with Crippen LogP contribution >= 0.6 is 0 Å². The van der Waals surface area contributed by atoms with E-state index in [4.69, 9.17) is 0 Å². The molecule has 8 heteroatoms. The minimum absolute atomic E-state index is 0.0111. The molecule has 0 radical (unpaired) electrons. The number of benzene rings is 1. The number of pyridine rings is 1. The summed E-state index contributed by atoms with van der Waals surface area (Å²) in [4.78, 5) is 18.8. The number of hydrogen-bond donors (Lipinski definition) is 1. The molecule has 0 saturated carbocycles. The summed E-state index contributed by atoms with van der Waals surface area (Å²) in [5.41, 5.74) is 1.86. The Morgan fingerprint density at radius 2 is 2.00 bits per heavy atom. The molecule has 1 aliphatic rings. The molecule has 1 aromatic carbocycles. The third-order valence-electron chi connectivity index (χ3n) is 5.01. The molecule has 2 aromatic rings. The predicted octanol–water partition coefficient (Wildman–Crippen LogP) is 1.82. The zero-order chi connectivity index (χ0) is 20.7. The summed E-state index contributed by atoms with van der Waals surface area (Å²) >= 11 is 0. The monoisotopic (exact) mass is 419 g/mol. The Hall–Kier alpha value is -2.32. The molecule has 0 spiro atoms. The highest BCUT2D eigenvalue weighted by atomic mass is 32.2. The lowest BCUT2D eigenvalue weighted by molar-refractivity contribution is -0.122. The van der Waals surface area contributed by atoms with Gasteiger partial charge in [0.1, 0.15) is 5.82 Å². The Bertz CT molecular complexity index is 905. The van der Waals surface area contributed by atoms with Crippen molar-refractivity contribution < 1.29 is 17.6 Å². The average Bonchev–Trinajstić information content (AvgIpc) is 3.06. The van der Waals surface area contributed by atoms with E-state index in [1.807, 2.05) is 23.1 Å². The highest BCUT2D eigenvalue weighted by Crippen LogP contribution is 2.17. The molecule has 6 nitrogen and oxygen atoms in total. The molecule has 1 aromatic heterocycles. The molecule has 0 aliphatic carbocycles. The molecule has 0 bridgehead atoms. The van der Waals surface area contributed by atoms with Gasteiger partial charge in [-0.2, -0.15) is 0 Å².